The van der Waals surface area contributed by atoms with E-state index in [4.69, 9.17) is 9.90 Å². The third-order valence-electron chi connectivity index (χ3n) is 4.63. The number of likely N-dealkylation sites (tertiary alicyclic amines) is 1. The summed E-state index contributed by atoms with van der Waals surface area (Å²) >= 11 is 0. The van der Waals surface area contributed by atoms with E-state index in [9.17, 15) is 14.0 Å². The molecule has 1 saturated heterocycles. The smallest absolute Gasteiger partial charge is 0.290 e. The number of benzene rings is 1. The van der Waals surface area contributed by atoms with Gasteiger partial charge in [-0.3, -0.25) is 19.4 Å². The van der Waals surface area contributed by atoms with E-state index in [1.807, 2.05) is 6.92 Å². The SMILES string of the molecule is Cc1ccc(C(=O)NCCN2CCCC2)cc1NC(=O)c1cncc(F)c1.O=CO. The second-order valence-electron chi connectivity index (χ2n) is 6.79. The summed E-state index contributed by atoms with van der Waals surface area (Å²) in [4.78, 5) is 39.0. The van der Waals surface area contributed by atoms with Gasteiger partial charge in [0.15, 0.2) is 0 Å². The number of aryl methyl sites for hydroxylation is 1. The molecule has 0 spiro atoms. The van der Waals surface area contributed by atoms with Gasteiger partial charge in [-0.15, -0.1) is 0 Å². The first kappa shape index (κ1) is 23.0. The normalized spacial score (nSPS) is 13.1. The van der Waals surface area contributed by atoms with Crippen molar-refractivity contribution >= 4 is 24.0 Å². The lowest BCUT2D eigenvalue weighted by molar-refractivity contribution is -0.122. The Hall–Kier alpha value is -3.33. The number of amides is 2. The van der Waals surface area contributed by atoms with Gasteiger partial charge < -0.3 is 20.6 Å². The summed E-state index contributed by atoms with van der Waals surface area (Å²) in [5.41, 5.74) is 1.90. The van der Waals surface area contributed by atoms with Crippen molar-refractivity contribution in [3.05, 3.63) is 59.2 Å². The highest BCUT2D eigenvalue weighted by Crippen LogP contribution is 2.18. The molecule has 1 aromatic heterocycles. The van der Waals surface area contributed by atoms with Crippen LogP contribution < -0.4 is 10.6 Å². The largest absolute Gasteiger partial charge is 0.483 e. The Balaban J connectivity index is 0.00000101. The summed E-state index contributed by atoms with van der Waals surface area (Å²) in [5, 5.41) is 12.5. The van der Waals surface area contributed by atoms with E-state index in [0.29, 0.717) is 17.8 Å². The molecule has 1 aliphatic rings. The number of halogens is 1. The van der Waals surface area contributed by atoms with Crippen molar-refractivity contribution < 1.29 is 23.9 Å². The number of carbonyl (C=O) groups excluding carboxylic acids is 2. The highest BCUT2D eigenvalue weighted by Gasteiger charge is 2.14. The average Bonchev–Trinajstić information content (AvgIpc) is 3.23. The second kappa shape index (κ2) is 11.6. The number of nitrogens with zero attached hydrogens (tertiary/aromatic N) is 2. The number of pyridine rings is 1. The van der Waals surface area contributed by atoms with Crippen LogP contribution in [-0.4, -0.2) is 59.5 Å². The highest BCUT2D eigenvalue weighted by molar-refractivity contribution is 6.05. The summed E-state index contributed by atoms with van der Waals surface area (Å²) in [5.74, 6) is -1.24. The molecule has 0 aliphatic carbocycles. The molecule has 0 atom stereocenters. The lowest BCUT2D eigenvalue weighted by atomic mass is 10.1. The van der Waals surface area contributed by atoms with Gasteiger partial charge in [-0.2, -0.15) is 0 Å². The van der Waals surface area contributed by atoms with E-state index in [-0.39, 0.29) is 17.9 Å². The zero-order valence-corrected chi connectivity index (χ0v) is 16.7. The van der Waals surface area contributed by atoms with Crippen LogP contribution in [-0.2, 0) is 4.79 Å². The Morgan fingerprint density at radius 3 is 2.53 bits per heavy atom. The number of nitrogens with one attached hydrogen (secondary N) is 2. The summed E-state index contributed by atoms with van der Waals surface area (Å²) in [7, 11) is 0. The van der Waals surface area contributed by atoms with Crippen LogP contribution in [0, 0.1) is 12.7 Å². The molecule has 3 N–H and O–H groups in total. The van der Waals surface area contributed by atoms with E-state index < -0.39 is 11.7 Å². The van der Waals surface area contributed by atoms with E-state index in [2.05, 4.69) is 20.5 Å². The van der Waals surface area contributed by atoms with E-state index >= 15 is 0 Å². The molecule has 30 heavy (non-hydrogen) atoms. The average molecular weight is 416 g/mol. The lowest BCUT2D eigenvalue weighted by Crippen LogP contribution is -2.33. The van der Waals surface area contributed by atoms with Gasteiger partial charge in [-0.05, 0) is 56.6 Å². The van der Waals surface area contributed by atoms with Gasteiger partial charge in [0, 0.05) is 30.5 Å². The lowest BCUT2D eigenvalue weighted by Gasteiger charge is -2.15. The van der Waals surface area contributed by atoms with Crippen LogP contribution in [0.3, 0.4) is 0 Å². The number of carboxylic acid groups (broad SMARTS) is 1. The molecule has 3 rings (SSSR count). The summed E-state index contributed by atoms with van der Waals surface area (Å²) in [6.07, 6.45) is 4.77. The first-order chi connectivity index (χ1) is 14.4. The molecule has 0 radical (unpaired) electrons. The molecule has 0 unspecified atom stereocenters. The number of carbonyl (C=O) groups is 3. The Morgan fingerprint density at radius 2 is 1.87 bits per heavy atom. The van der Waals surface area contributed by atoms with Gasteiger partial charge in [-0.25, -0.2) is 4.39 Å². The van der Waals surface area contributed by atoms with Crippen LogP contribution in [0.2, 0.25) is 0 Å². The molecule has 160 valence electrons. The summed E-state index contributed by atoms with van der Waals surface area (Å²) in [6, 6.07) is 6.24. The van der Waals surface area contributed by atoms with Crippen molar-refractivity contribution in [1.82, 2.24) is 15.2 Å². The third-order valence-corrected chi connectivity index (χ3v) is 4.63. The molecule has 2 aromatic rings. The van der Waals surface area contributed by atoms with Gasteiger partial charge in [0.1, 0.15) is 5.82 Å². The zero-order valence-electron chi connectivity index (χ0n) is 16.7. The van der Waals surface area contributed by atoms with Gasteiger partial charge >= 0.3 is 0 Å². The zero-order chi connectivity index (χ0) is 21.9. The first-order valence-corrected chi connectivity index (χ1v) is 9.55. The minimum Gasteiger partial charge on any atom is -0.483 e. The number of hydrogen-bond acceptors (Lipinski definition) is 5. The minimum atomic E-state index is -0.578. The van der Waals surface area contributed by atoms with Crippen LogP contribution >= 0.6 is 0 Å². The molecule has 9 heteroatoms. The fourth-order valence-electron chi connectivity index (χ4n) is 3.06. The number of anilines is 1. The molecule has 1 fully saturated rings. The topological polar surface area (TPSA) is 112 Å². The molecular weight excluding hydrogens is 391 g/mol. The maximum atomic E-state index is 13.2. The summed E-state index contributed by atoms with van der Waals surface area (Å²) in [6.45, 7) is 5.18. The third kappa shape index (κ3) is 6.93. The molecule has 2 heterocycles. The maximum Gasteiger partial charge on any atom is 0.290 e. The Bertz CT molecular complexity index is 885. The molecular formula is C21H25FN4O4. The Morgan fingerprint density at radius 1 is 1.17 bits per heavy atom. The van der Waals surface area contributed by atoms with Crippen molar-refractivity contribution in [3.63, 3.8) is 0 Å². The number of aromatic nitrogens is 1. The second-order valence-corrected chi connectivity index (χ2v) is 6.79. The molecule has 0 bridgehead atoms. The van der Waals surface area contributed by atoms with Gasteiger partial charge in [0.25, 0.3) is 18.3 Å². The van der Waals surface area contributed by atoms with Gasteiger partial charge in [-0.1, -0.05) is 6.07 Å². The van der Waals surface area contributed by atoms with Crippen molar-refractivity contribution in [2.45, 2.75) is 19.8 Å². The van der Waals surface area contributed by atoms with Crippen LogP contribution in [0.5, 0.6) is 0 Å². The van der Waals surface area contributed by atoms with Crippen molar-refractivity contribution in [1.29, 1.82) is 0 Å². The molecule has 1 aromatic carbocycles. The maximum absolute atomic E-state index is 13.2. The fraction of sp³-hybridized carbons (Fsp3) is 0.333. The molecule has 8 nitrogen and oxygen atoms in total. The van der Waals surface area contributed by atoms with Crippen molar-refractivity contribution in [2.75, 3.05) is 31.5 Å². The Labute approximate surface area is 174 Å². The van der Waals surface area contributed by atoms with Crippen LogP contribution in [0.25, 0.3) is 0 Å². The first-order valence-electron chi connectivity index (χ1n) is 9.55. The van der Waals surface area contributed by atoms with Gasteiger partial charge in [0.05, 0.1) is 11.8 Å². The van der Waals surface area contributed by atoms with Crippen molar-refractivity contribution in [3.8, 4) is 0 Å². The molecule has 0 saturated carbocycles. The quantitative estimate of drug-likeness (QED) is 0.623. The van der Waals surface area contributed by atoms with E-state index in [0.717, 1.165) is 37.5 Å². The van der Waals surface area contributed by atoms with Crippen molar-refractivity contribution in [2.24, 2.45) is 0 Å². The minimum absolute atomic E-state index is 0.120. The van der Waals surface area contributed by atoms with E-state index in [1.165, 1.54) is 19.0 Å². The molecule has 1 aliphatic heterocycles. The van der Waals surface area contributed by atoms with Gasteiger partial charge in [0.2, 0.25) is 0 Å². The number of hydrogen-bond donors (Lipinski definition) is 3. The highest BCUT2D eigenvalue weighted by atomic mass is 19.1. The van der Waals surface area contributed by atoms with Crippen LogP contribution in [0.4, 0.5) is 10.1 Å². The van der Waals surface area contributed by atoms with Crippen LogP contribution in [0.1, 0.15) is 39.1 Å². The fourth-order valence-corrected chi connectivity index (χ4v) is 3.06. The standard InChI is InChI=1S/C20H23FN4O2.CH2O2/c1-14-4-5-15(19(26)23-6-9-25-7-2-3-8-25)11-18(14)24-20(27)16-10-17(21)13-22-12-16;2-1-3/h4-5,10-13H,2-3,6-9H2,1H3,(H,23,26)(H,24,27);1H,(H,2,3). The predicted molar refractivity (Wildman–Crippen MR) is 110 cm³/mol. The number of rotatable bonds is 6. The van der Waals surface area contributed by atoms with E-state index in [1.54, 1.807) is 18.2 Å². The molecule has 2 amide bonds. The van der Waals surface area contributed by atoms with Crippen LogP contribution in [0.15, 0.2) is 36.7 Å². The summed E-state index contributed by atoms with van der Waals surface area (Å²) < 4.78 is 13.2. The Kier molecular flexibility index (Phi) is 8.89. The predicted octanol–water partition coefficient (Wildman–Crippen LogP) is 2.31. The monoisotopic (exact) mass is 416 g/mol.